The number of hydrogen-bond donors (Lipinski definition) is 1. The lowest BCUT2D eigenvalue weighted by Crippen LogP contribution is -2.43. The highest BCUT2D eigenvalue weighted by molar-refractivity contribution is 5.90. The van der Waals surface area contributed by atoms with Gasteiger partial charge in [0.2, 0.25) is 0 Å². The number of carbonyl (C=O) groups excluding carboxylic acids is 3. The Bertz CT molecular complexity index is 1490. The van der Waals surface area contributed by atoms with Gasteiger partial charge in [0.15, 0.2) is 18.4 Å². The summed E-state index contributed by atoms with van der Waals surface area (Å²) >= 11 is 0. The van der Waals surface area contributed by atoms with Crippen LogP contribution in [-0.2, 0) is 23.7 Å². The topological polar surface area (TPSA) is 143 Å². The normalized spacial score (nSPS) is 20.3. The quantitative estimate of drug-likeness (QED) is 0.356. The first kappa shape index (κ1) is 27.5. The standard InChI is InChI=1S/C28H28N2O9/c1-15-5-9-19(10-6-15)26(33)36-14-21-22(39-27(34)20-11-7-16(2)8-12-20)23(37-18(4)31)25(38-21)30-13-17(3)24(32)29-28(30)35/h5-13,21-23,25H,14H2,1-4H3,(H,29,32,35)/t21-,22+,23-,25-/m1/s1. The predicted molar refractivity (Wildman–Crippen MR) is 137 cm³/mol. The molecule has 1 aliphatic heterocycles. The molecular weight excluding hydrogens is 508 g/mol. The van der Waals surface area contributed by atoms with E-state index in [9.17, 15) is 24.0 Å². The molecule has 39 heavy (non-hydrogen) atoms. The molecule has 3 aromatic rings. The van der Waals surface area contributed by atoms with Crippen LogP contribution in [0.2, 0.25) is 0 Å². The van der Waals surface area contributed by atoms with E-state index in [2.05, 4.69) is 4.98 Å². The summed E-state index contributed by atoms with van der Waals surface area (Å²) in [6.07, 6.45) is -3.74. The zero-order valence-electron chi connectivity index (χ0n) is 21.8. The van der Waals surface area contributed by atoms with E-state index in [-0.39, 0.29) is 17.7 Å². The maximum Gasteiger partial charge on any atom is 0.338 e. The second-order valence-electron chi connectivity index (χ2n) is 9.32. The molecule has 0 amide bonds. The number of ether oxygens (including phenoxy) is 4. The van der Waals surface area contributed by atoms with Gasteiger partial charge in [-0.15, -0.1) is 0 Å². The number of hydrogen-bond acceptors (Lipinski definition) is 9. The van der Waals surface area contributed by atoms with Gasteiger partial charge in [0.05, 0.1) is 11.1 Å². The second kappa shape index (κ2) is 11.5. The summed E-state index contributed by atoms with van der Waals surface area (Å²) in [6, 6.07) is 13.3. The summed E-state index contributed by atoms with van der Waals surface area (Å²) in [5.74, 6) is -2.11. The Morgan fingerprint density at radius 3 is 1.97 bits per heavy atom. The van der Waals surface area contributed by atoms with E-state index in [1.807, 2.05) is 13.8 Å². The van der Waals surface area contributed by atoms with Crippen molar-refractivity contribution < 1.29 is 33.3 Å². The summed E-state index contributed by atoms with van der Waals surface area (Å²) < 4.78 is 23.7. The Kier molecular flexibility index (Phi) is 8.10. The number of carbonyl (C=O) groups is 3. The molecule has 0 saturated carbocycles. The average Bonchev–Trinajstić information content (AvgIpc) is 3.21. The van der Waals surface area contributed by atoms with Crippen LogP contribution in [0.3, 0.4) is 0 Å². The van der Waals surface area contributed by atoms with Crippen LogP contribution in [0, 0.1) is 20.8 Å². The van der Waals surface area contributed by atoms with Crippen molar-refractivity contribution in [1.82, 2.24) is 9.55 Å². The maximum absolute atomic E-state index is 13.0. The SMILES string of the molecule is CC(=O)O[C@@H]1[C@@H](OC(=O)c2ccc(C)cc2)[C@@H](COC(=O)c2ccc(C)cc2)O[C@H]1n1cc(C)c(=O)[nH]c1=O. The van der Waals surface area contributed by atoms with Gasteiger partial charge < -0.3 is 18.9 Å². The first-order chi connectivity index (χ1) is 18.5. The highest BCUT2D eigenvalue weighted by Gasteiger charge is 2.51. The molecule has 11 heteroatoms. The van der Waals surface area contributed by atoms with Crippen molar-refractivity contribution >= 4 is 17.9 Å². The molecule has 0 bridgehead atoms. The third kappa shape index (κ3) is 6.32. The van der Waals surface area contributed by atoms with Crippen molar-refractivity contribution in [2.24, 2.45) is 0 Å². The minimum absolute atomic E-state index is 0.197. The number of rotatable bonds is 7. The summed E-state index contributed by atoms with van der Waals surface area (Å²) in [4.78, 5) is 64.6. The van der Waals surface area contributed by atoms with Gasteiger partial charge in [-0.05, 0) is 45.0 Å². The molecule has 2 heterocycles. The second-order valence-corrected chi connectivity index (χ2v) is 9.32. The molecule has 0 radical (unpaired) electrons. The van der Waals surface area contributed by atoms with Crippen molar-refractivity contribution in [3.63, 3.8) is 0 Å². The lowest BCUT2D eigenvalue weighted by molar-refractivity contribution is -0.156. The zero-order chi connectivity index (χ0) is 28.3. The Balaban J connectivity index is 1.67. The molecule has 1 fully saturated rings. The number of benzene rings is 2. The molecule has 204 valence electrons. The first-order valence-electron chi connectivity index (χ1n) is 12.2. The highest BCUT2D eigenvalue weighted by Crippen LogP contribution is 2.34. The van der Waals surface area contributed by atoms with Crippen LogP contribution in [0.5, 0.6) is 0 Å². The molecule has 2 aromatic carbocycles. The molecule has 1 N–H and O–H groups in total. The third-order valence-corrected chi connectivity index (χ3v) is 6.20. The van der Waals surface area contributed by atoms with Gasteiger partial charge in [-0.1, -0.05) is 35.4 Å². The molecule has 1 aromatic heterocycles. The molecule has 1 saturated heterocycles. The summed E-state index contributed by atoms with van der Waals surface area (Å²) in [5.41, 5.74) is 1.20. The molecule has 11 nitrogen and oxygen atoms in total. The maximum atomic E-state index is 13.0. The zero-order valence-corrected chi connectivity index (χ0v) is 21.8. The van der Waals surface area contributed by atoms with Gasteiger partial charge in [-0.2, -0.15) is 0 Å². The van der Waals surface area contributed by atoms with Gasteiger partial charge in [-0.3, -0.25) is 19.1 Å². The van der Waals surface area contributed by atoms with Crippen molar-refractivity contribution in [2.75, 3.05) is 6.61 Å². The molecule has 0 spiro atoms. The smallest absolute Gasteiger partial charge is 0.338 e. The van der Waals surface area contributed by atoms with Crippen molar-refractivity contribution in [2.45, 2.75) is 52.2 Å². The summed E-state index contributed by atoms with van der Waals surface area (Å²) in [6.45, 7) is 6.00. The van der Waals surface area contributed by atoms with E-state index in [1.165, 1.54) is 13.1 Å². The Labute approximate surface area is 223 Å². The fourth-order valence-corrected chi connectivity index (χ4v) is 4.11. The third-order valence-electron chi connectivity index (χ3n) is 6.20. The fourth-order valence-electron chi connectivity index (χ4n) is 4.11. The molecule has 0 unspecified atom stereocenters. The number of aromatic nitrogens is 2. The lowest BCUT2D eigenvalue weighted by Gasteiger charge is -2.24. The van der Waals surface area contributed by atoms with Gasteiger partial charge in [0.25, 0.3) is 5.56 Å². The van der Waals surface area contributed by atoms with Crippen LogP contribution < -0.4 is 11.2 Å². The minimum atomic E-state index is -1.30. The van der Waals surface area contributed by atoms with E-state index in [1.54, 1.807) is 48.5 Å². The number of aromatic amines is 1. The van der Waals surface area contributed by atoms with Crippen molar-refractivity contribution in [1.29, 1.82) is 0 Å². The fraction of sp³-hybridized carbons (Fsp3) is 0.321. The van der Waals surface area contributed by atoms with E-state index in [0.717, 1.165) is 22.6 Å². The van der Waals surface area contributed by atoms with Crippen LogP contribution in [0.4, 0.5) is 0 Å². The van der Waals surface area contributed by atoms with Crippen LogP contribution in [0.15, 0.2) is 64.3 Å². The Morgan fingerprint density at radius 1 is 0.846 bits per heavy atom. The summed E-state index contributed by atoms with van der Waals surface area (Å²) in [5, 5.41) is 0. The molecule has 0 aliphatic carbocycles. The molecule has 4 atom stereocenters. The van der Waals surface area contributed by atoms with Crippen LogP contribution in [0.25, 0.3) is 0 Å². The predicted octanol–water partition coefficient (Wildman–Crippen LogP) is 2.37. The van der Waals surface area contributed by atoms with E-state index in [0.29, 0.717) is 5.56 Å². The Hall–Kier alpha value is -4.51. The number of nitrogens with zero attached hydrogens (tertiary/aromatic N) is 1. The largest absolute Gasteiger partial charge is 0.459 e. The lowest BCUT2D eigenvalue weighted by atomic mass is 10.1. The number of H-pyrrole nitrogens is 1. The van der Waals surface area contributed by atoms with Gasteiger partial charge in [0, 0.05) is 18.7 Å². The number of aryl methyl sites for hydroxylation is 3. The average molecular weight is 537 g/mol. The van der Waals surface area contributed by atoms with Crippen LogP contribution in [0.1, 0.15) is 50.6 Å². The number of esters is 3. The van der Waals surface area contributed by atoms with E-state index in [4.69, 9.17) is 18.9 Å². The van der Waals surface area contributed by atoms with E-state index < -0.39 is 53.7 Å². The van der Waals surface area contributed by atoms with Crippen LogP contribution >= 0.6 is 0 Å². The molecule has 4 rings (SSSR count). The van der Waals surface area contributed by atoms with Gasteiger partial charge >= 0.3 is 23.6 Å². The van der Waals surface area contributed by atoms with Crippen molar-refractivity contribution in [3.8, 4) is 0 Å². The monoisotopic (exact) mass is 536 g/mol. The van der Waals surface area contributed by atoms with Gasteiger partial charge in [-0.25, -0.2) is 14.4 Å². The highest BCUT2D eigenvalue weighted by atomic mass is 16.7. The molecule has 1 aliphatic rings. The first-order valence-corrected chi connectivity index (χ1v) is 12.2. The number of nitrogens with one attached hydrogen (secondary N) is 1. The summed E-state index contributed by atoms with van der Waals surface area (Å²) in [7, 11) is 0. The van der Waals surface area contributed by atoms with E-state index >= 15 is 0 Å². The van der Waals surface area contributed by atoms with Crippen LogP contribution in [-0.4, -0.2) is 52.4 Å². The Morgan fingerprint density at radius 2 is 1.41 bits per heavy atom. The minimum Gasteiger partial charge on any atom is -0.459 e. The molecular formula is C28H28N2O9. The van der Waals surface area contributed by atoms with Crippen molar-refractivity contribution in [3.05, 3.63) is 103 Å². The van der Waals surface area contributed by atoms with Gasteiger partial charge in [0.1, 0.15) is 12.7 Å².